The Morgan fingerprint density at radius 3 is 2.42 bits per heavy atom. The van der Waals surface area contributed by atoms with E-state index in [0.717, 1.165) is 18.0 Å². The second kappa shape index (κ2) is 6.83. The molecule has 1 unspecified atom stereocenters. The Bertz CT molecular complexity index is 496. The average molecular weight is 255 g/mol. The molecule has 0 aliphatic carbocycles. The number of hydrogen-bond acceptors (Lipinski definition) is 2. The van der Waals surface area contributed by atoms with Gasteiger partial charge in [0.2, 0.25) is 0 Å². The number of para-hydroxylation sites is 2. The van der Waals surface area contributed by atoms with Crippen molar-refractivity contribution in [2.24, 2.45) is 0 Å². The molecule has 0 fully saturated rings. The maximum Gasteiger partial charge on any atom is 0.142 e. The molecule has 0 spiro atoms. The van der Waals surface area contributed by atoms with Crippen LogP contribution in [0, 0.1) is 0 Å². The van der Waals surface area contributed by atoms with Crippen LogP contribution >= 0.6 is 0 Å². The summed E-state index contributed by atoms with van der Waals surface area (Å²) in [6.07, 6.45) is 0. The molecule has 2 aromatic carbocycles. The van der Waals surface area contributed by atoms with Gasteiger partial charge in [0.25, 0.3) is 0 Å². The van der Waals surface area contributed by atoms with Crippen molar-refractivity contribution in [2.75, 3.05) is 18.5 Å². The second-order valence-corrected chi connectivity index (χ2v) is 4.62. The van der Waals surface area contributed by atoms with Gasteiger partial charge in [0, 0.05) is 6.54 Å². The fourth-order valence-electron chi connectivity index (χ4n) is 2.06. The SMILES string of the molecule is CCOc1ccccc1NCC(C)c1ccccc1. The molecule has 2 nitrogen and oxygen atoms in total. The molecule has 0 radical (unpaired) electrons. The molecule has 2 aromatic rings. The summed E-state index contributed by atoms with van der Waals surface area (Å²) in [5.41, 5.74) is 2.41. The molecule has 2 heteroatoms. The first-order chi connectivity index (χ1) is 9.31. The van der Waals surface area contributed by atoms with E-state index in [2.05, 4.69) is 42.6 Å². The van der Waals surface area contributed by atoms with Crippen LogP contribution in [0.2, 0.25) is 0 Å². The van der Waals surface area contributed by atoms with Crippen molar-refractivity contribution >= 4 is 5.69 Å². The van der Waals surface area contributed by atoms with Crippen LogP contribution in [0.4, 0.5) is 5.69 Å². The molecule has 0 aliphatic heterocycles. The molecule has 19 heavy (non-hydrogen) atoms. The molecular formula is C17H21NO. The Labute approximate surface area is 115 Å². The number of rotatable bonds is 6. The van der Waals surface area contributed by atoms with Gasteiger partial charge in [-0.3, -0.25) is 0 Å². The van der Waals surface area contributed by atoms with Crippen LogP contribution in [0.1, 0.15) is 25.3 Å². The standard InChI is InChI=1S/C17H21NO/c1-3-19-17-12-8-7-11-16(17)18-13-14(2)15-9-5-4-6-10-15/h4-12,14,18H,3,13H2,1-2H3. The molecule has 1 atom stereocenters. The summed E-state index contributed by atoms with van der Waals surface area (Å²) < 4.78 is 5.61. The zero-order chi connectivity index (χ0) is 13.5. The van der Waals surface area contributed by atoms with E-state index in [0.29, 0.717) is 12.5 Å². The fourth-order valence-corrected chi connectivity index (χ4v) is 2.06. The van der Waals surface area contributed by atoms with E-state index in [1.54, 1.807) is 0 Å². The summed E-state index contributed by atoms with van der Waals surface area (Å²) in [7, 11) is 0. The molecule has 0 bridgehead atoms. The number of nitrogens with one attached hydrogen (secondary N) is 1. The summed E-state index contributed by atoms with van der Waals surface area (Å²) in [6.45, 7) is 5.82. The van der Waals surface area contributed by atoms with Gasteiger partial charge < -0.3 is 10.1 Å². The van der Waals surface area contributed by atoms with E-state index >= 15 is 0 Å². The predicted octanol–water partition coefficient (Wildman–Crippen LogP) is 4.30. The zero-order valence-electron chi connectivity index (χ0n) is 11.6. The molecule has 0 saturated heterocycles. The summed E-state index contributed by atoms with van der Waals surface area (Å²) >= 11 is 0. The van der Waals surface area contributed by atoms with E-state index < -0.39 is 0 Å². The van der Waals surface area contributed by atoms with Gasteiger partial charge in [0.1, 0.15) is 5.75 Å². The number of hydrogen-bond donors (Lipinski definition) is 1. The van der Waals surface area contributed by atoms with E-state index in [1.165, 1.54) is 5.56 Å². The number of benzene rings is 2. The van der Waals surface area contributed by atoms with Crippen molar-refractivity contribution in [3.63, 3.8) is 0 Å². The van der Waals surface area contributed by atoms with Gasteiger partial charge >= 0.3 is 0 Å². The van der Waals surface area contributed by atoms with Crippen LogP contribution in [0.25, 0.3) is 0 Å². The molecule has 0 amide bonds. The van der Waals surface area contributed by atoms with Crippen molar-refractivity contribution in [2.45, 2.75) is 19.8 Å². The molecule has 2 rings (SSSR count). The van der Waals surface area contributed by atoms with Crippen LogP contribution in [0.5, 0.6) is 5.75 Å². The lowest BCUT2D eigenvalue weighted by atomic mass is 10.0. The highest BCUT2D eigenvalue weighted by atomic mass is 16.5. The first-order valence-electron chi connectivity index (χ1n) is 6.82. The highest BCUT2D eigenvalue weighted by Crippen LogP contribution is 2.25. The van der Waals surface area contributed by atoms with Crippen LogP contribution in [0.15, 0.2) is 54.6 Å². The predicted molar refractivity (Wildman–Crippen MR) is 81.0 cm³/mol. The van der Waals surface area contributed by atoms with Gasteiger partial charge in [-0.2, -0.15) is 0 Å². The Balaban J connectivity index is 1.99. The molecule has 0 saturated carbocycles. The minimum absolute atomic E-state index is 0.468. The maximum absolute atomic E-state index is 5.61. The largest absolute Gasteiger partial charge is 0.492 e. The lowest BCUT2D eigenvalue weighted by Gasteiger charge is -2.16. The smallest absolute Gasteiger partial charge is 0.142 e. The first kappa shape index (κ1) is 13.5. The van der Waals surface area contributed by atoms with E-state index in [1.807, 2.05) is 31.2 Å². The summed E-state index contributed by atoms with van der Waals surface area (Å²) in [6, 6.07) is 18.6. The summed E-state index contributed by atoms with van der Waals surface area (Å²) in [4.78, 5) is 0. The molecule has 0 heterocycles. The molecule has 100 valence electrons. The normalized spacial score (nSPS) is 11.9. The third kappa shape index (κ3) is 3.75. The van der Waals surface area contributed by atoms with Crippen LogP contribution < -0.4 is 10.1 Å². The average Bonchev–Trinajstić information content (AvgIpc) is 2.47. The van der Waals surface area contributed by atoms with Crippen LogP contribution in [-0.4, -0.2) is 13.2 Å². The summed E-state index contributed by atoms with van der Waals surface area (Å²) in [5.74, 6) is 1.39. The van der Waals surface area contributed by atoms with Crippen LogP contribution in [0.3, 0.4) is 0 Å². The van der Waals surface area contributed by atoms with Crippen molar-refractivity contribution in [3.05, 3.63) is 60.2 Å². The molecule has 1 N–H and O–H groups in total. The Hall–Kier alpha value is -1.96. The summed E-state index contributed by atoms with van der Waals surface area (Å²) in [5, 5.41) is 3.47. The Morgan fingerprint density at radius 1 is 1.00 bits per heavy atom. The monoisotopic (exact) mass is 255 g/mol. The van der Waals surface area contributed by atoms with Crippen LogP contribution in [-0.2, 0) is 0 Å². The lowest BCUT2D eigenvalue weighted by molar-refractivity contribution is 0.341. The second-order valence-electron chi connectivity index (χ2n) is 4.62. The minimum Gasteiger partial charge on any atom is -0.492 e. The van der Waals surface area contributed by atoms with Crippen molar-refractivity contribution in [1.29, 1.82) is 0 Å². The quantitative estimate of drug-likeness (QED) is 0.831. The van der Waals surface area contributed by atoms with Crippen molar-refractivity contribution < 1.29 is 4.74 Å². The van der Waals surface area contributed by atoms with E-state index in [4.69, 9.17) is 4.74 Å². The zero-order valence-corrected chi connectivity index (χ0v) is 11.6. The van der Waals surface area contributed by atoms with Gasteiger partial charge in [0.15, 0.2) is 0 Å². The molecular weight excluding hydrogens is 234 g/mol. The lowest BCUT2D eigenvalue weighted by Crippen LogP contribution is -2.10. The van der Waals surface area contributed by atoms with Crippen molar-refractivity contribution in [3.8, 4) is 5.75 Å². The van der Waals surface area contributed by atoms with Gasteiger partial charge in [-0.1, -0.05) is 49.4 Å². The number of ether oxygens (including phenoxy) is 1. The highest BCUT2D eigenvalue weighted by molar-refractivity contribution is 5.56. The maximum atomic E-state index is 5.61. The Morgan fingerprint density at radius 2 is 1.68 bits per heavy atom. The third-order valence-corrected chi connectivity index (χ3v) is 3.15. The van der Waals surface area contributed by atoms with E-state index in [9.17, 15) is 0 Å². The van der Waals surface area contributed by atoms with Gasteiger partial charge in [-0.25, -0.2) is 0 Å². The van der Waals surface area contributed by atoms with Crippen molar-refractivity contribution in [1.82, 2.24) is 0 Å². The van der Waals surface area contributed by atoms with E-state index in [-0.39, 0.29) is 0 Å². The van der Waals surface area contributed by atoms with Gasteiger partial charge in [0.05, 0.1) is 12.3 Å². The first-order valence-corrected chi connectivity index (χ1v) is 6.82. The number of anilines is 1. The van der Waals surface area contributed by atoms with Gasteiger partial charge in [-0.05, 0) is 30.5 Å². The van der Waals surface area contributed by atoms with Gasteiger partial charge in [-0.15, -0.1) is 0 Å². The minimum atomic E-state index is 0.468. The fraction of sp³-hybridized carbons (Fsp3) is 0.294. The highest BCUT2D eigenvalue weighted by Gasteiger charge is 2.06. The molecule has 0 aromatic heterocycles. The topological polar surface area (TPSA) is 21.3 Å². The molecule has 0 aliphatic rings. The Kier molecular flexibility index (Phi) is 4.85. The third-order valence-electron chi connectivity index (χ3n) is 3.15.